The average molecular weight is 210 g/mol. The van der Waals surface area contributed by atoms with Crippen LogP contribution in [0.5, 0.6) is 0 Å². The van der Waals surface area contributed by atoms with Crippen LogP contribution in [-0.2, 0) is 0 Å². The van der Waals surface area contributed by atoms with Crippen LogP contribution in [-0.4, -0.2) is 11.9 Å². The summed E-state index contributed by atoms with van der Waals surface area (Å²) in [7, 11) is 0. The largest absolute Gasteiger partial charge is 0.387 e. The first-order valence-electron chi connectivity index (χ1n) is 6.25. The monoisotopic (exact) mass is 210 g/mol. The van der Waals surface area contributed by atoms with Gasteiger partial charge in [0.05, 0.1) is 11.9 Å². The Kier molecular flexibility index (Phi) is 4.18. The van der Waals surface area contributed by atoms with Crippen molar-refractivity contribution in [3.63, 3.8) is 0 Å². The third kappa shape index (κ3) is 3.84. The summed E-state index contributed by atoms with van der Waals surface area (Å²) in [5.41, 5.74) is 6.06. The summed E-state index contributed by atoms with van der Waals surface area (Å²) in [4.78, 5) is 4.74. The van der Waals surface area contributed by atoms with Gasteiger partial charge in [-0.1, -0.05) is 47.0 Å². The Bertz CT molecular complexity index is 225. The van der Waals surface area contributed by atoms with E-state index in [-0.39, 0.29) is 5.41 Å². The van der Waals surface area contributed by atoms with Crippen molar-refractivity contribution < 1.29 is 0 Å². The number of hydrogen-bond donors (Lipinski definition) is 1. The molecular weight excluding hydrogens is 184 g/mol. The van der Waals surface area contributed by atoms with Crippen molar-refractivity contribution in [3.05, 3.63) is 0 Å². The second kappa shape index (κ2) is 5.00. The summed E-state index contributed by atoms with van der Waals surface area (Å²) < 4.78 is 0. The number of nitrogens with two attached hydrogens (primary N) is 1. The van der Waals surface area contributed by atoms with Crippen LogP contribution in [0.25, 0.3) is 0 Å². The molecule has 1 rings (SSSR count). The molecule has 1 fully saturated rings. The normalized spacial score (nSPS) is 30.0. The maximum Gasteiger partial charge on any atom is 0.0994 e. The maximum absolute atomic E-state index is 6.04. The Morgan fingerprint density at radius 1 is 1.13 bits per heavy atom. The van der Waals surface area contributed by atoms with Crippen LogP contribution in [0.3, 0.4) is 0 Å². The van der Waals surface area contributed by atoms with Crippen LogP contribution in [0.2, 0.25) is 0 Å². The highest BCUT2D eigenvalue weighted by molar-refractivity contribution is 5.85. The molecule has 0 aromatic rings. The highest BCUT2D eigenvalue weighted by Crippen LogP contribution is 2.26. The van der Waals surface area contributed by atoms with Gasteiger partial charge in [-0.25, -0.2) is 0 Å². The number of aliphatic imine (C=N–C) groups is 1. The smallest absolute Gasteiger partial charge is 0.0994 e. The summed E-state index contributed by atoms with van der Waals surface area (Å²) >= 11 is 0. The van der Waals surface area contributed by atoms with E-state index in [9.17, 15) is 0 Å². The van der Waals surface area contributed by atoms with E-state index in [4.69, 9.17) is 10.7 Å². The first-order chi connectivity index (χ1) is 6.91. The molecular formula is C13H26N2. The van der Waals surface area contributed by atoms with Crippen molar-refractivity contribution in [2.45, 2.75) is 65.8 Å². The number of hydrogen-bond acceptors (Lipinski definition) is 1. The molecule has 0 saturated heterocycles. The number of amidine groups is 1. The van der Waals surface area contributed by atoms with Gasteiger partial charge in [-0.3, -0.25) is 4.99 Å². The van der Waals surface area contributed by atoms with E-state index in [1.54, 1.807) is 0 Å². The highest BCUT2D eigenvalue weighted by Gasteiger charge is 2.22. The minimum atomic E-state index is 0.0199. The number of rotatable bonds is 1. The Morgan fingerprint density at radius 2 is 1.73 bits per heavy atom. The fraction of sp³-hybridized carbons (Fsp3) is 0.923. The SMILES string of the molecule is CC1CCCCCC1N=C(N)C(C)(C)C. The van der Waals surface area contributed by atoms with Crippen molar-refractivity contribution in [3.8, 4) is 0 Å². The van der Waals surface area contributed by atoms with E-state index >= 15 is 0 Å². The van der Waals surface area contributed by atoms with Crippen LogP contribution >= 0.6 is 0 Å². The molecule has 15 heavy (non-hydrogen) atoms. The van der Waals surface area contributed by atoms with Gasteiger partial charge in [0.15, 0.2) is 0 Å². The second-order valence-electron chi connectivity index (χ2n) is 5.95. The molecule has 2 heteroatoms. The zero-order valence-electron chi connectivity index (χ0n) is 10.7. The van der Waals surface area contributed by atoms with Crippen molar-refractivity contribution >= 4 is 5.84 Å². The third-order valence-corrected chi connectivity index (χ3v) is 3.39. The van der Waals surface area contributed by atoms with Gasteiger partial charge < -0.3 is 5.73 Å². The van der Waals surface area contributed by atoms with Gasteiger partial charge in [0, 0.05) is 5.41 Å². The van der Waals surface area contributed by atoms with Gasteiger partial charge in [-0.15, -0.1) is 0 Å². The zero-order valence-corrected chi connectivity index (χ0v) is 10.7. The van der Waals surface area contributed by atoms with Crippen LogP contribution < -0.4 is 5.73 Å². The Hall–Kier alpha value is -0.530. The van der Waals surface area contributed by atoms with Crippen molar-refractivity contribution in [2.24, 2.45) is 22.1 Å². The molecule has 0 aromatic carbocycles. The minimum absolute atomic E-state index is 0.0199. The minimum Gasteiger partial charge on any atom is -0.387 e. The molecule has 0 radical (unpaired) electrons. The van der Waals surface area contributed by atoms with Crippen molar-refractivity contribution in [1.82, 2.24) is 0 Å². The predicted octanol–water partition coefficient (Wildman–Crippen LogP) is 3.36. The van der Waals surface area contributed by atoms with Gasteiger partial charge >= 0.3 is 0 Å². The Balaban J connectivity index is 2.69. The van der Waals surface area contributed by atoms with E-state index < -0.39 is 0 Å². The fourth-order valence-corrected chi connectivity index (χ4v) is 2.04. The molecule has 2 nitrogen and oxygen atoms in total. The fourth-order valence-electron chi connectivity index (χ4n) is 2.04. The molecule has 1 aliphatic carbocycles. The molecule has 1 saturated carbocycles. The summed E-state index contributed by atoms with van der Waals surface area (Å²) in [5, 5.41) is 0. The third-order valence-electron chi connectivity index (χ3n) is 3.39. The van der Waals surface area contributed by atoms with Crippen molar-refractivity contribution in [2.75, 3.05) is 0 Å². The standard InChI is InChI=1S/C13H26N2/c1-10-8-6-5-7-9-11(10)15-12(14)13(2,3)4/h10-11H,5-9H2,1-4H3,(H2,14,15). The lowest BCUT2D eigenvalue weighted by molar-refractivity contribution is 0.428. The molecule has 0 amide bonds. The van der Waals surface area contributed by atoms with Gasteiger partial charge in [0.2, 0.25) is 0 Å². The molecule has 0 bridgehead atoms. The summed E-state index contributed by atoms with van der Waals surface area (Å²) in [6.45, 7) is 8.71. The molecule has 1 aliphatic rings. The maximum atomic E-state index is 6.04. The van der Waals surface area contributed by atoms with E-state index in [2.05, 4.69) is 27.7 Å². The quantitative estimate of drug-likeness (QED) is 0.402. The molecule has 0 aromatic heterocycles. The van der Waals surface area contributed by atoms with E-state index in [1.165, 1.54) is 32.1 Å². The van der Waals surface area contributed by atoms with Crippen LogP contribution in [0.15, 0.2) is 4.99 Å². The van der Waals surface area contributed by atoms with Crippen molar-refractivity contribution in [1.29, 1.82) is 0 Å². The molecule has 0 heterocycles. The summed E-state index contributed by atoms with van der Waals surface area (Å²) in [6, 6.07) is 0.465. The Labute approximate surface area is 94.3 Å². The lowest BCUT2D eigenvalue weighted by Crippen LogP contribution is -2.31. The lowest BCUT2D eigenvalue weighted by Gasteiger charge is -2.23. The van der Waals surface area contributed by atoms with E-state index in [0.29, 0.717) is 12.0 Å². The van der Waals surface area contributed by atoms with Crippen LogP contribution in [0.4, 0.5) is 0 Å². The van der Waals surface area contributed by atoms with Gasteiger partial charge in [0.1, 0.15) is 0 Å². The molecule has 88 valence electrons. The molecule has 2 atom stereocenters. The second-order valence-corrected chi connectivity index (χ2v) is 5.95. The van der Waals surface area contributed by atoms with Gasteiger partial charge in [-0.2, -0.15) is 0 Å². The summed E-state index contributed by atoms with van der Waals surface area (Å²) in [6.07, 6.45) is 6.58. The lowest BCUT2D eigenvalue weighted by atomic mass is 9.93. The molecule has 0 spiro atoms. The molecule has 2 unspecified atom stereocenters. The average Bonchev–Trinajstić information content (AvgIpc) is 2.30. The zero-order chi connectivity index (χ0) is 11.5. The van der Waals surface area contributed by atoms with Crippen LogP contribution in [0.1, 0.15) is 59.8 Å². The highest BCUT2D eigenvalue weighted by atomic mass is 14.9. The molecule has 2 N–H and O–H groups in total. The van der Waals surface area contributed by atoms with Gasteiger partial charge in [0.25, 0.3) is 0 Å². The Morgan fingerprint density at radius 3 is 2.33 bits per heavy atom. The van der Waals surface area contributed by atoms with E-state index in [0.717, 1.165) is 5.84 Å². The van der Waals surface area contributed by atoms with E-state index in [1.807, 2.05) is 0 Å². The molecule has 0 aliphatic heterocycles. The first-order valence-corrected chi connectivity index (χ1v) is 6.25. The number of nitrogens with zero attached hydrogens (tertiary/aromatic N) is 1. The predicted molar refractivity (Wildman–Crippen MR) is 67.1 cm³/mol. The first kappa shape index (κ1) is 12.5. The van der Waals surface area contributed by atoms with Gasteiger partial charge in [-0.05, 0) is 18.8 Å². The van der Waals surface area contributed by atoms with Crippen LogP contribution in [0, 0.1) is 11.3 Å². The summed E-state index contributed by atoms with van der Waals surface area (Å²) in [5.74, 6) is 1.52. The topological polar surface area (TPSA) is 38.4 Å².